The Morgan fingerprint density at radius 1 is 1.03 bits per heavy atom. The first-order chi connectivity index (χ1) is 15.1. The molecule has 31 heavy (non-hydrogen) atoms. The molecular weight excluding hydrogens is 410 g/mol. The van der Waals surface area contributed by atoms with Crippen LogP contribution in [0.5, 0.6) is 0 Å². The second kappa shape index (κ2) is 8.08. The molecule has 2 fully saturated rings. The van der Waals surface area contributed by atoms with Gasteiger partial charge in [-0.25, -0.2) is 0 Å². The number of benzene rings is 2. The van der Waals surface area contributed by atoms with Gasteiger partial charge in [0, 0.05) is 42.8 Å². The van der Waals surface area contributed by atoms with E-state index in [1.54, 1.807) is 12.3 Å². The summed E-state index contributed by atoms with van der Waals surface area (Å²) in [5.74, 6) is 0.121. The van der Waals surface area contributed by atoms with Gasteiger partial charge >= 0.3 is 0 Å². The molecule has 2 saturated heterocycles. The molecule has 2 aliphatic heterocycles. The summed E-state index contributed by atoms with van der Waals surface area (Å²) in [7, 11) is 0. The number of aliphatic hydroxyl groups is 1. The van der Waals surface area contributed by atoms with Crippen LogP contribution in [0, 0.1) is 0 Å². The van der Waals surface area contributed by atoms with Gasteiger partial charge in [-0.3, -0.25) is 14.7 Å². The Morgan fingerprint density at radius 2 is 1.74 bits per heavy atom. The van der Waals surface area contributed by atoms with Crippen molar-refractivity contribution in [3.8, 4) is 0 Å². The number of carbonyl (C=O) groups is 1. The lowest BCUT2D eigenvalue weighted by molar-refractivity contribution is -0.184. The van der Waals surface area contributed by atoms with Crippen molar-refractivity contribution in [2.75, 3.05) is 19.7 Å². The van der Waals surface area contributed by atoms with Crippen molar-refractivity contribution in [2.45, 2.75) is 24.0 Å². The minimum Gasteiger partial charge on any atom is -0.395 e. The normalized spacial score (nSPS) is 22.1. The van der Waals surface area contributed by atoms with E-state index in [9.17, 15) is 9.90 Å². The molecule has 1 N–H and O–H groups in total. The zero-order valence-electron chi connectivity index (χ0n) is 17.1. The van der Waals surface area contributed by atoms with E-state index in [0.717, 1.165) is 5.56 Å². The largest absolute Gasteiger partial charge is 0.395 e. The maximum absolute atomic E-state index is 12.9. The van der Waals surface area contributed by atoms with Crippen LogP contribution in [-0.4, -0.2) is 57.1 Å². The van der Waals surface area contributed by atoms with Crippen molar-refractivity contribution in [1.82, 2.24) is 14.8 Å². The van der Waals surface area contributed by atoms with Gasteiger partial charge in [-0.1, -0.05) is 60.1 Å². The molecule has 6 heteroatoms. The molecule has 3 aromatic rings. The van der Waals surface area contributed by atoms with Gasteiger partial charge in [0.2, 0.25) is 0 Å². The van der Waals surface area contributed by atoms with E-state index in [2.05, 4.69) is 22.0 Å². The topological polar surface area (TPSA) is 56.7 Å². The first-order valence-corrected chi connectivity index (χ1v) is 10.9. The number of rotatable bonds is 5. The summed E-state index contributed by atoms with van der Waals surface area (Å²) < 4.78 is 0. The van der Waals surface area contributed by atoms with Crippen LogP contribution in [0.3, 0.4) is 0 Å². The molecule has 1 amide bonds. The Morgan fingerprint density at radius 3 is 2.39 bits per heavy atom. The zero-order valence-corrected chi connectivity index (χ0v) is 17.8. The van der Waals surface area contributed by atoms with Crippen molar-refractivity contribution in [2.24, 2.45) is 0 Å². The van der Waals surface area contributed by atoms with Gasteiger partial charge in [-0.15, -0.1) is 0 Å². The Hall–Kier alpha value is -2.73. The van der Waals surface area contributed by atoms with E-state index >= 15 is 0 Å². The molecule has 0 aliphatic carbocycles. The standard InChI is InChI=1S/C25H24ClN3O2/c26-20-11-9-18(10-12-20)14-29-22(15-30)23(19-6-2-1-3-7-19)25(29)16-28(17-25)24(31)21-8-4-5-13-27-21/h1-13,22-23,30H,14-17H2/t22-,23-/m0/s1. The van der Waals surface area contributed by atoms with E-state index in [4.69, 9.17) is 11.6 Å². The third-order valence-corrected chi connectivity index (χ3v) is 6.90. The number of nitrogens with zero attached hydrogens (tertiary/aromatic N) is 3. The lowest BCUT2D eigenvalue weighted by Crippen LogP contribution is -2.84. The first-order valence-electron chi connectivity index (χ1n) is 10.5. The molecule has 5 rings (SSSR count). The third kappa shape index (κ3) is 3.43. The van der Waals surface area contributed by atoms with E-state index in [-0.39, 0.29) is 30.0 Å². The average molecular weight is 434 g/mol. The highest BCUT2D eigenvalue weighted by Gasteiger charge is 2.66. The maximum Gasteiger partial charge on any atom is 0.272 e. The quantitative estimate of drug-likeness (QED) is 0.668. The Bertz CT molecular complexity index is 1050. The minimum absolute atomic E-state index is 0.00480. The molecule has 2 aliphatic rings. The van der Waals surface area contributed by atoms with Gasteiger partial charge in [-0.05, 0) is 35.4 Å². The molecule has 5 nitrogen and oxygen atoms in total. The zero-order chi connectivity index (χ0) is 21.4. The molecule has 2 aromatic carbocycles. The highest BCUT2D eigenvalue weighted by atomic mass is 35.5. The summed E-state index contributed by atoms with van der Waals surface area (Å²) in [4.78, 5) is 21.4. The van der Waals surface area contributed by atoms with Crippen molar-refractivity contribution < 1.29 is 9.90 Å². The van der Waals surface area contributed by atoms with Crippen molar-refractivity contribution in [3.05, 3.63) is 101 Å². The van der Waals surface area contributed by atoms with Gasteiger partial charge < -0.3 is 10.0 Å². The summed E-state index contributed by atoms with van der Waals surface area (Å²) in [6, 6.07) is 23.6. The summed E-state index contributed by atoms with van der Waals surface area (Å²) >= 11 is 6.06. The molecule has 0 bridgehead atoms. The second-order valence-corrected chi connectivity index (χ2v) is 8.81. The molecule has 0 radical (unpaired) electrons. The van der Waals surface area contributed by atoms with Crippen LogP contribution in [0.1, 0.15) is 27.5 Å². The predicted octanol–water partition coefficient (Wildman–Crippen LogP) is 3.59. The summed E-state index contributed by atoms with van der Waals surface area (Å²) in [5.41, 5.74) is 2.62. The van der Waals surface area contributed by atoms with Gasteiger partial charge in [-0.2, -0.15) is 0 Å². The van der Waals surface area contributed by atoms with Crippen LogP contribution in [-0.2, 0) is 6.54 Å². The number of carbonyl (C=O) groups excluding carboxylic acids is 1. The number of aromatic nitrogens is 1. The second-order valence-electron chi connectivity index (χ2n) is 8.37. The van der Waals surface area contributed by atoms with Crippen LogP contribution in [0.2, 0.25) is 5.02 Å². The molecule has 1 spiro atoms. The van der Waals surface area contributed by atoms with Gasteiger partial charge in [0.05, 0.1) is 12.1 Å². The highest BCUT2D eigenvalue weighted by Crippen LogP contribution is 2.54. The lowest BCUT2D eigenvalue weighted by Gasteiger charge is -2.70. The predicted molar refractivity (Wildman–Crippen MR) is 120 cm³/mol. The summed E-state index contributed by atoms with van der Waals surface area (Å²) in [5, 5.41) is 11.0. The number of amides is 1. The van der Waals surface area contributed by atoms with Crippen LogP contribution in [0.25, 0.3) is 0 Å². The van der Waals surface area contributed by atoms with E-state index in [1.807, 2.05) is 59.5 Å². The third-order valence-electron chi connectivity index (χ3n) is 6.65. The van der Waals surface area contributed by atoms with Gasteiger partial charge in [0.1, 0.15) is 5.69 Å². The van der Waals surface area contributed by atoms with Gasteiger partial charge in [0.25, 0.3) is 5.91 Å². The average Bonchev–Trinajstić information content (AvgIpc) is 2.78. The van der Waals surface area contributed by atoms with Crippen molar-refractivity contribution in [1.29, 1.82) is 0 Å². The molecule has 158 valence electrons. The number of hydrogen-bond acceptors (Lipinski definition) is 4. The number of hydrogen-bond donors (Lipinski definition) is 1. The number of pyridine rings is 1. The molecule has 0 unspecified atom stereocenters. The van der Waals surface area contributed by atoms with Crippen LogP contribution < -0.4 is 0 Å². The number of aliphatic hydroxyl groups excluding tert-OH is 1. The van der Waals surface area contributed by atoms with Crippen molar-refractivity contribution in [3.63, 3.8) is 0 Å². The molecule has 0 saturated carbocycles. The van der Waals surface area contributed by atoms with Crippen LogP contribution in [0.4, 0.5) is 0 Å². The number of likely N-dealkylation sites (tertiary alicyclic amines) is 2. The Balaban J connectivity index is 1.43. The van der Waals surface area contributed by atoms with E-state index < -0.39 is 0 Å². The Kier molecular flexibility index (Phi) is 5.26. The molecule has 2 atom stereocenters. The fourth-order valence-corrected chi connectivity index (χ4v) is 5.34. The lowest BCUT2D eigenvalue weighted by atomic mass is 9.60. The van der Waals surface area contributed by atoms with E-state index in [0.29, 0.717) is 30.4 Å². The highest BCUT2D eigenvalue weighted by molar-refractivity contribution is 6.30. The smallest absolute Gasteiger partial charge is 0.272 e. The van der Waals surface area contributed by atoms with Crippen LogP contribution in [0.15, 0.2) is 79.0 Å². The SMILES string of the molecule is O=C(c1ccccn1)N1CC2(C1)[C@@H](c1ccccc1)[C@H](CO)N2Cc1ccc(Cl)cc1. The summed E-state index contributed by atoms with van der Waals surface area (Å²) in [6.45, 7) is 2.01. The van der Waals surface area contributed by atoms with Crippen LogP contribution >= 0.6 is 11.6 Å². The summed E-state index contributed by atoms with van der Waals surface area (Å²) in [6.07, 6.45) is 1.65. The molecular formula is C25H24ClN3O2. The fraction of sp³-hybridized carbons (Fsp3) is 0.280. The maximum atomic E-state index is 12.9. The van der Waals surface area contributed by atoms with E-state index in [1.165, 1.54) is 5.56 Å². The fourth-order valence-electron chi connectivity index (χ4n) is 5.21. The monoisotopic (exact) mass is 433 g/mol. The molecule has 3 heterocycles. The number of halogens is 1. The molecule has 1 aromatic heterocycles. The van der Waals surface area contributed by atoms with Crippen molar-refractivity contribution >= 4 is 17.5 Å². The minimum atomic E-state index is -0.196. The first kappa shape index (κ1) is 20.2. The Labute approximate surface area is 186 Å². The van der Waals surface area contributed by atoms with Gasteiger partial charge in [0.15, 0.2) is 0 Å².